The maximum absolute atomic E-state index is 13.2. The van der Waals surface area contributed by atoms with Crippen LogP contribution in [0, 0.1) is 11.7 Å². The summed E-state index contributed by atoms with van der Waals surface area (Å²) in [6.45, 7) is 2.09. The molecule has 0 spiro atoms. The summed E-state index contributed by atoms with van der Waals surface area (Å²) < 4.78 is 13.2. The van der Waals surface area contributed by atoms with Gasteiger partial charge < -0.3 is 15.5 Å². The summed E-state index contributed by atoms with van der Waals surface area (Å²) in [6.07, 6.45) is 4.38. The second-order valence-electron chi connectivity index (χ2n) is 6.72. The van der Waals surface area contributed by atoms with Crippen molar-refractivity contribution >= 4 is 29.1 Å². The largest absolute Gasteiger partial charge is 0.341 e. The first-order chi connectivity index (χ1) is 12.0. The molecule has 2 N–H and O–H groups in total. The van der Waals surface area contributed by atoms with Crippen molar-refractivity contribution in [1.82, 2.24) is 10.2 Å². The number of piperidine rings is 2. The molecular weight excluding hydrogens is 345 g/mol. The highest BCUT2D eigenvalue weighted by atomic mass is 35.5. The molecule has 1 aromatic carbocycles. The van der Waals surface area contributed by atoms with Crippen molar-refractivity contribution in [3.05, 3.63) is 29.0 Å². The number of halogens is 2. The normalized spacial score (nSPS) is 21.8. The molecule has 2 heterocycles. The van der Waals surface area contributed by atoms with Crippen molar-refractivity contribution in [3.8, 4) is 0 Å². The standard InChI is InChI=1S/C18H23ClFN3O2/c19-14-11-13(4-5-15(14)20)22-17(24)12-6-9-23(10-7-12)18(25)16-3-1-2-8-21-16/h4-5,11-12,16,21H,1-3,6-10H2,(H,22,24). The van der Waals surface area contributed by atoms with E-state index in [-0.39, 0.29) is 28.8 Å². The van der Waals surface area contributed by atoms with E-state index in [1.165, 1.54) is 18.2 Å². The van der Waals surface area contributed by atoms with Gasteiger partial charge in [-0.2, -0.15) is 0 Å². The van der Waals surface area contributed by atoms with Gasteiger partial charge in [0.1, 0.15) is 5.82 Å². The number of carbonyl (C=O) groups excluding carboxylic acids is 2. The fourth-order valence-corrected chi connectivity index (χ4v) is 3.64. The SMILES string of the molecule is O=C(Nc1ccc(F)c(Cl)c1)C1CCN(C(=O)C2CCCCN2)CC1. The van der Waals surface area contributed by atoms with Crippen LogP contribution >= 0.6 is 11.6 Å². The average molecular weight is 368 g/mol. The van der Waals surface area contributed by atoms with Crippen molar-refractivity contribution in [2.75, 3.05) is 25.0 Å². The maximum atomic E-state index is 13.2. The Morgan fingerprint density at radius 2 is 1.96 bits per heavy atom. The molecule has 2 saturated heterocycles. The molecule has 2 aliphatic rings. The van der Waals surface area contributed by atoms with Crippen LogP contribution in [-0.4, -0.2) is 42.4 Å². The third kappa shape index (κ3) is 4.50. The molecule has 5 nitrogen and oxygen atoms in total. The Labute approximate surface area is 151 Å². The molecule has 3 rings (SSSR count). The fourth-order valence-electron chi connectivity index (χ4n) is 3.46. The summed E-state index contributed by atoms with van der Waals surface area (Å²) in [4.78, 5) is 26.7. The molecule has 0 bridgehead atoms. The number of rotatable bonds is 3. The highest BCUT2D eigenvalue weighted by Crippen LogP contribution is 2.23. The molecule has 0 aromatic heterocycles. The van der Waals surface area contributed by atoms with Gasteiger partial charge in [0.05, 0.1) is 11.1 Å². The quantitative estimate of drug-likeness (QED) is 0.863. The lowest BCUT2D eigenvalue weighted by molar-refractivity contribution is -0.137. The van der Waals surface area contributed by atoms with Crippen LogP contribution in [0.2, 0.25) is 5.02 Å². The Bertz CT molecular complexity index is 641. The highest BCUT2D eigenvalue weighted by Gasteiger charge is 2.31. The van der Waals surface area contributed by atoms with Gasteiger partial charge in [0.25, 0.3) is 0 Å². The van der Waals surface area contributed by atoms with Crippen LogP contribution in [0.1, 0.15) is 32.1 Å². The van der Waals surface area contributed by atoms with Gasteiger partial charge in [-0.15, -0.1) is 0 Å². The molecule has 1 unspecified atom stereocenters. The average Bonchev–Trinajstić information content (AvgIpc) is 2.65. The molecule has 0 saturated carbocycles. The number of hydrogen-bond donors (Lipinski definition) is 2. The first-order valence-electron chi connectivity index (χ1n) is 8.82. The van der Waals surface area contributed by atoms with E-state index in [9.17, 15) is 14.0 Å². The molecule has 1 atom stereocenters. The van der Waals surface area contributed by atoms with Gasteiger partial charge in [-0.1, -0.05) is 18.0 Å². The van der Waals surface area contributed by atoms with Gasteiger partial charge in [-0.3, -0.25) is 9.59 Å². The van der Waals surface area contributed by atoms with Gasteiger partial charge >= 0.3 is 0 Å². The smallest absolute Gasteiger partial charge is 0.239 e. The molecule has 7 heteroatoms. The zero-order valence-corrected chi connectivity index (χ0v) is 14.8. The molecule has 136 valence electrons. The zero-order valence-electron chi connectivity index (χ0n) is 14.1. The summed E-state index contributed by atoms with van der Waals surface area (Å²) in [5.41, 5.74) is 0.487. The minimum Gasteiger partial charge on any atom is -0.341 e. The lowest BCUT2D eigenvalue weighted by atomic mass is 9.94. The molecule has 0 aliphatic carbocycles. The summed E-state index contributed by atoms with van der Waals surface area (Å²) in [6, 6.07) is 4.06. The van der Waals surface area contributed by atoms with Gasteiger partial charge in [-0.25, -0.2) is 4.39 Å². The Morgan fingerprint density at radius 1 is 1.20 bits per heavy atom. The van der Waals surface area contributed by atoms with Crippen LogP contribution in [0.3, 0.4) is 0 Å². The second-order valence-corrected chi connectivity index (χ2v) is 7.13. The summed E-state index contributed by atoms with van der Waals surface area (Å²) in [5.74, 6) is -0.607. The number of nitrogens with one attached hydrogen (secondary N) is 2. The summed E-state index contributed by atoms with van der Waals surface area (Å²) in [7, 11) is 0. The van der Waals surface area contributed by atoms with Gasteiger partial charge in [-0.05, 0) is 50.4 Å². The molecule has 2 aliphatic heterocycles. The third-order valence-electron chi connectivity index (χ3n) is 4.97. The van der Waals surface area contributed by atoms with Crippen LogP contribution in [-0.2, 0) is 9.59 Å². The Hall–Kier alpha value is -1.66. The predicted octanol–water partition coefficient (Wildman–Crippen LogP) is 2.80. The predicted molar refractivity (Wildman–Crippen MR) is 95.0 cm³/mol. The first kappa shape index (κ1) is 18.1. The molecule has 2 fully saturated rings. The van der Waals surface area contributed by atoms with Crippen molar-refractivity contribution < 1.29 is 14.0 Å². The minimum atomic E-state index is -0.511. The van der Waals surface area contributed by atoms with E-state index < -0.39 is 5.82 Å². The molecule has 25 heavy (non-hydrogen) atoms. The number of nitrogens with zero attached hydrogens (tertiary/aromatic N) is 1. The van der Waals surface area contributed by atoms with E-state index in [0.29, 0.717) is 31.6 Å². The van der Waals surface area contributed by atoms with E-state index in [0.717, 1.165) is 25.8 Å². The number of carbonyl (C=O) groups is 2. The van der Waals surface area contributed by atoms with Crippen LogP contribution in [0.15, 0.2) is 18.2 Å². The summed E-state index contributed by atoms with van der Waals surface area (Å²) >= 11 is 5.73. The Kier molecular flexibility index (Phi) is 5.91. The number of anilines is 1. The highest BCUT2D eigenvalue weighted by molar-refractivity contribution is 6.31. The lowest BCUT2D eigenvalue weighted by Gasteiger charge is -2.35. The number of benzene rings is 1. The van der Waals surface area contributed by atoms with Crippen molar-refractivity contribution in [2.45, 2.75) is 38.1 Å². The number of amides is 2. The van der Waals surface area contributed by atoms with E-state index in [1.807, 2.05) is 4.90 Å². The molecular formula is C18H23ClFN3O2. The molecule has 1 aromatic rings. The van der Waals surface area contributed by atoms with Gasteiger partial charge in [0, 0.05) is 24.7 Å². The number of likely N-dealkylation sites (tertiary alicyclic amines) is 1. The van der Waals surface area contributed by atoms with Crippen molar-refractivity contribution in [1.29, 1.82) is 0 Å². The fraction of sp³-hybridized carbons (Fsp3) is 0.556. The number of hydrogen-bond acceptors (Lipinski definition) is 3. The first-order valence-corrected chi connectivity index (χ1v) is 9.20. The van der Waals surface area contributed by atoms with E-state index in [1.54, 1.807) is 0 Å². The van der Waals surface area contributed by atoms with Crippen molar-refractivity contribution in [2.24, 2.45) is 5.92 Å². The summed E-state index contributed by atoms with van der Waals surface area (Å²) in [5, 5.41) is 6.04. The third-order valence-corrected chi connectivity index (χ3v) is 5.26. The van der Waals surface area contributed by atoms with E-state index >= 15 is 0 Å². The van der Waals surface area contributed by atoms with Crippen LogP contribution in [0.4, 0.5) is 10.1 Å². The van der Waals surface area contributed by atoms with Gasteiger partial charge in [0.15, 0.2) is 0 Å². The zero-order chi connectivity index (χ0) is 17.8. The molecule has 2 amide bonds. The Balaban J connectivity index is 1.50. The lowest BCUT2D eigenvalue weighted by Crippen LogP contribution is -2.51. The van der Waals surface area contributed by atoms with E-state index in [4.69, 9.17) is 11.6 Å². The minimum absolute atomic E-state index is 0.0156. The van der Waals surface area contributed by atoms with E-state index in [2.05, 4.69) is 10.6 Å². The second kappa shape index (κ2) is 8.15. The Morgan fingerprint density at radius 3 is 2.60 bits per heavy atom. The topological polar surface area (TPSA) is 61.4 Å². The van der Waals surface area contributed by atoms with Crippen LogP contribution in [0.25, 0.3) is 0 Å². The monoisotopic (exact) mass is 367 g/mol. The van der Waals surface area contributed by atoms with Crippen LogP contribution < -0.4 is 10.6 Å². The maximum Gasteiger partial charge on any atom is 0.239 e. The molecule has 0 radical (unpaired) electrons. The van der Waals surface area contributed by atoms with Gasteiger partial charge in [0.2, 0.25) is 11.8 Å². The van der Waals surface area contributed by atoms with Crippen molar-refractivity contribution in [3.63, 3.8) is 0 Å². The van der Waals surface area contributed by atoms with Crippen LogP contribution in [0.5, 0.6) is 0 Å².